The Morgan fingerprint density at radius 1 is 1.27 bits per heavy atom. The van der Waals surface area contributed by atoms with Crippen LogP contribution in [0.5, 0.6) is 0 Å². The van der Waals surface area contributed by atoms with E-state index in [1.165, 1.54) is 9.42 Å². The fourth-order valence-corrected chi connectivity index (χ4v) is 3.05. The molecule has 3 heterocycles. The first kappa shape index (κ1) is 17.8. The molecule has 0 spiro atoms. The lowest BCUT2D eigenvalue weighted by Gasteiger charge is -2.33. The quantitative estimate of drug-likeness (QED) is 0.744. The fourth-order valence-electron chi connectivity index (χ4n) is 3.05. The lowest BCUT2D eigenvalue weighted by Crippen LogP contribution is -2.51. The normalized spacial score (nSPS) is 17.3. The molecule has 10 nitrogen and oxygen atoms in total. The number of ether oxygens (including phenoxy) is 1. The van der Waals surface area contributed by atoms with Gasteiger partial charge in [-0.15, -0.1) is 5.10 Å². The van der Waals surface area contributed by atoms with E-state index in [9.17, 15) is 14.4 Å². The van der Waals surface area contributed by atoms with Gasteiger partial charge >= 0.3 is 5.97 Å². The first-order chi connectivity index (χ1) is 12.4. The highest BCUT2D eigenvalue weighted by atomic mass is 16.5. The Kier molecular flexibility index (Phi) is 4.83. The highest BCUT2D eigenvalue weighted by molar-refractivity contribution is 5.90. The highest BCUT2D eigenvalue weighted by Gasteiger charge is 2.31. The van der Waals surface area contributed by atoms with Crippen LogP contribution in [-0.2, 0) is 14.3 Å². The second-order valence-corrected chi connectivity index (χ2v) is 6.26. The molecule has 1 aliphatic rings. The van der Waals surface area contributed by atoms with Gasteiger partial charge in [-0.05, 0) is 39.2 Å². The molecule has 2 aromatic rings. The number of hydrogen-bond acceptors (Lipinski definition) is 7. The SMILES string of the molecule is Cc1cc(C)n2nc(C(=O)OCC(=O)N3CCCC[C@@H]3C(N)=O)nc2n1. The zero-order valence-corrected chi connectivity index (χ0v) is 14.6. The molecule has 1 fully saturated rings. The van der Waals surface area contributed by atoms with Crippen LogP contribution in [0.3, 0.4) is 0 Å². The number of piperidine rings is 1. The van der Waals surface area contributed by atoms with Crippen LogP contribution >= 0.6 is 0 Å². The van der Waals surface area contributed by atoms with Gasteiger partial charge in [-0.25, -0.2) is 14.3 Å². The summed E-state index contributed by atoms with van der Waals surface area (Å²) in [7, 11) is 0. The van der Waals surface area contributed by atoms with Crippen molar-refractivity contribution in [3.63, 3.8) is 0 Å². The summed E-state index contributed by atoms with van der Waals surface area (Å²) in [5.74, 6) is -1.73. The molecular formula is C16H20N6O4. The molecule has 10 heteroatoms. The van der Waals surface area contributed by atoms with Gasteiger partial charge in [0, 0.05) is 17.9 Å². The van der Waals surface area contributed by atoms with Gasteiger partial charge in [0.2, 0.25) is 5.91 Å². The Hall–Kier alpha value is -3.04. The summed E-state index contributed by atoms with van der Waals surface area (Å²) < 4.78 is 6.45. The fraction of sp³-hybridized carbons (Fsp3) is 0.500. The number of rotatable bonds is 4. The van der Waals surface area contributed by atoms with E-state index in [1.807, 2.05) is 13.8 Å². The topological polar surface area (TPSA) is 133 Å². The van der Waals surface area contributed by atoms with Gasteiger partial charge in [-0.2, -0.15) is 4.98 Å². The average Bonchev–Trinajstić information content (AvgIpc) is 3.03. The molecule has 0 saturated carbocycles. The van der Waals surface area contributed by atoms with Crippen molar-refractivity contribution in [3.8, 4) is 0 Å². The van der Waals surface area contributed by atoms with Gasteiger partial charge in [-0.3, -0.25) is 9.59 Å². The first-order valence-electron chi connectivity index (χ1n) is 8.33. The van der Waals surface area contributed by atoms with Gasteiger partial charge in [-0.1, -0.05) is 0 Å². The number of carbonyl (C=O) groups excluding carboxylic acids is 3. The predicted molar refractivity (Wildman–Crippen MR) is 89.1 cm³/mol. The number of primary amides is 1. The minimum absolute atomic E-state index is 0.177. The van der Waals surface area contributed by atoms with Crippen molar-refractivity contribution in [2.75, 3.05) is 13.2 Å². The van der Waals surface area contributed by atoms with Crippen LogP contribution in [-0.4, -0.2) is 61.5 Å². The molecule has 1 atom stereocenters. The van der Waals surface area contributed by atoms with E-state index in [0.717, 1.165) is 24.2 Å². The molecule has 138 valence electrons. The molecule has 0 aromatic carbocycles. The van der Waals surface area contributed by atoms with Crippen LogP contribution in [0.25, 0.3) is 5.78 Å². The summed E-state index contributed by atoms with van der Waals surface area (Å²) in [6, 6.07) is 1.15. The Morgan fingerprint density at radius 2 is 2.04 bits per heavy atom. The first-order valence-corrected chi connectivity index (χ1v) is 8.33. The summed E-state index contributed by atoms with van der Waals surface area (Å²) >= 11 is 0. The molecule has 0 radical (unpaired) electrons. The molecular weight excluding hydrogens is 340 g/mol. The second kappa shape index (κ2) is 7.06. The molecule has 1 aliphatic heterocycles. The summed E-state index contributed by atoms with van der Waals surface area (Å²) in [5, 5.41) is 4.06. The van der Waals surface area contributed by atoms with E-state index >= 15 is 0 Å². The van der Waals surface area contributed by atoms with Crippen LogP contribution in [0.2, 0.25) is 0 Å². The minimum atomic E-state index is -0.825. The van der Waals surface area contributed by atoms with Crippen LogP contribution < -0.4 is 5.73 Å². The Morgan fingerprint density at radius 3 is 2.77 bits per heavy atom. The lowest BCUT2D eigenvalue weighted by molar-refractivity contribution is -0.143. The van der Waals surface area contributed by atoms with Crippen molar-refractivity contribution >= 4 is 23.6 Å². The Bertz CT molecular complexity index is 877. The molecule has 1 saturated heterocycles. The molecule has 0 bridgehead atoms. The summed E-state index contributed by atoms with van der Waals surface area (Å²) in [4.78, 5) is 45.5. The van der Waals surface area contributed by atoms with E-state index in [0.29, 0.717) is 13.0 Å². The number of aryl methyl sites for hydroxylation is 2. The molecule has 3 rings (SSSR count). The second-order valence-electron chi connectivity index (χ2n) is 6.26. The summed E-state index contributed by atoms with van der Waals surface area (Å²) in [6.45, 7) is 3.55. The molecule has 0 unspecified atom stereocenters. The number of nitrogens with zero attached hydrogens (tertiary/aromatic N) is 5. The minimum Gasteiger partial charge on any atom is -0.450 e. The van der Waals surface area contributed by atoms with Crippen molar-refractivity contribution < 1.29 is 19.1 Å². The zero-order chi connectivity index (χ0) is 18.8. The monoisotopic (exact) mass is 360 g/mol. The Labute approximate surface area is 149 Å². The van der Waals surface area contributed by atoms with Crippen LogP contribution in [0.1, 0.15) is 41.3 Å². The summed E-state index contributed by atoms with van der Waals surface area (Å²) in [5.41, 5.74) is 6.86. The van der Waals surface area contributed by atoms with Crippen molar-refractivity contribution in [1.82, 2.24) is 24.5 Å². The Balaban J connectivity index is 1.67. The highest BCUT2D eigenvalue weighted by Crippen LogP contribution is 2.17. The summed E-state index contributed by atoms with van der Waals surface area (Å²) in [6.07, 6.45) is 2.13. The molecule has 2 amide bonds. The number of nitrogens with two attached hydrogens (primary N) is 1. The zero-order valence-electron chi connectivity index (χ0n) is 14.6. The van der Waals surface area contributed by atoms with Gasteiger partial charge in [0.05, 0.1) is 0 Å². The molecule has 2 N–H and O–H groups in total. The number of esters is 1. The van der Waals surface area contributed by atoms with Crippen LogP contribution in [0, 0.1) is 13.8 Å². The van der Waals surface area contributed by atoms with Gasteiger partial charge in [0.15, 0.2) is 6.61 Å². The smallest absolute Gasteiger partial charge is 0.378 e. The van der Waals surface area contributed by atoms with Crippen LogP contribution in [0.15, 0.2) is 6.07 Å². The lowest BCUT2D eigenvalue weighted by atomic mass is 10.0. The van der Waals surface area contributed by atoms with E-state index in [-0.39, 0.29) is 11.6 Å². The van der Waals surface area contributed by atoms with Crippen molar-refractivity contribution in [2.24, 2.45) is 5.73 Å². The third-order valence-electron chi connectivity index (χ3n) is 4.28. The van der Waals surface area contributed by atoms with E-state index in [4.69, 9.17) is 10.5 Å². The maximum atomic E-state index is 12.3. The average molecular weight is 360 g/mol. The maximum absolute atomic E-state index is 12.3. The number of aromatic nitrogens is 4. The van der Waals surface area contributed by atoms with Gasteiger partial charge < -0.3 is 15.4 Å². The van der Waals surface area contributed by atoms with Crippen molar-refractivity contribution in [2.45, 2.75) is 39.2 Å². The number of hydrogen-bond donors (Lipinski definition) is 1. The largest absolute Gasteiger partial charge is 0.450 e. The number of fused-ring (bicyclic) bond motifs is 1. The predicted octanol–water partition coefficient (Wildman–Crippen LogP) is -0.236. The number of carbonyl (C=O) groups is 3. The van der Waals surface area contributed by atoms with E-state index in [2.05, 4.69) is 15.1 Å². The maximum Gasteiger partial charge on any atom is 0.378 e. The van der Waals surface area contributed by atoms with Crippen LogP contribution in [0.4, 0.5) is 0 Å². The molecule has 26 heavy (non-hydrogen) atoms. The van der Waals surface area contributed by atoms with E-state index < -0.39 is 30.4 Å². The number of likely N-dealkylation sites (tertiary alicyclic amines) is 1. The molecule has 0 aliphatic carbocycles. The third kappa shape index (κ3) is 3.48. The van der Waals surface area contributed by atoms with Crippen molar-refractivity contribution in [3.05, 3.63) is 23.3 Å². The molecule has 2 aromatic heterocycles. The van der Waals surface area contributed by atoms with E-state index in [1.54, 1.807) is 6.07 Å². The third-order valence-corrected chi connectivity index (χ3v) is 4.28. The van der Waals surface area contributed by atoms with Gasteiger partial charge in [0.25, 0.3) is 17.5 Å². The number of amides is 2. The standard InChI is InChI=1S/C16H20N6O4/c1-9-7-10(2)22-16(18-9)19-14(20-22)15(25)26-8-12(23)21-6-4-3-5-11(21)13(17)24/h7,11H,3-6,8H2,1-2H3,(H2,17,24)/t11-/m1/s1. The van der Waals surface area contributed by atoms with Crippen molar-refractivity contribution in [1.29, 1.82) is 0 Å². The van der Waals surface area contributed by atoms with Gasteiger partial charge in [0.1, 0.15) is 6.04 Å².